The second-order valence-corrected chi connectivity index (χ2v) is 6.56. The van der Waals surface area contributed by atoms with Crippen LogP contribution in [0.4, 0.5) is 0 Å². The van der Waals surface area contributed by atoms with Crippen LogP contribution in [0.1, 0.15) is 18.4 Å². The molecule has 1 saturated heterocycles. The first kappa shape index (κ1) is 13.5. The molecule has 1 fully saturated rings. The first-order chi connectivity index (χ1) is 8.20. The summed E-state index contributed by atoms with van der Waals surface area (Å²) >= 11 is 14.0. The molecule has 0 saturated carbocycles. The van der Waals surface area contributed by atoms with Crippen LogP contribution in [0.5, 0.6) is 0 Å². The molecule has 17 heavy (non-hydrogen) atoms. The highest BCUT2D eigenvalue weighted by Crippen LogP contribution is 2.31. The SMILES string of the molecule is CNC(Cc1ccc(Cl)c(Cl)c1)C1CCCS1. The van der Waals surface area contributed by atoms with E-state index in [0.29, 0.717) is 16.1 Å². The van der Waals surface area contributed by atoms with Crippen molar-refractivity contribution in [1.82, 2.24) is 5.32 Å². The van der Waals surface area contributed by atoms with Gasteiger partial charge in [0.2, 0.25) is 0 Å². The maximum atomic E-state index is 6.04. The van der Waals surface area contributed by atoms with Crippen molar-refractivity contribution in [2.24, 2.45) is 0 Å². The van der Waals surface area contributed by atoms with E-state index in [4.69, 9.17) is 23.2 Å². The van der Waals surface area contributed by atoms with E-state index in [9.17, 15) is 0 Å². The zero-order chi connectivity index (χ0) is 12.3. The molecule has 0 bridgehead atoms. The van der Waals surface area contributed by atoms with Gasteiger partial charge in [-0.25, -0.2) is 0 Å². The van der Waals surface area contributed by atoms with Crippen molar-refractivity contribution in [1.29, 1.82) is 0 Å². The van der Waals surface area contributed by atoms with Crippen molar-refractivity contribution in [3.63, 3.8) is 0 Å². The first-order valence-electron chi connectivity index (χ1n) is 5.93. The van der Waals surface area contributed by atoms with E-state index in [-0.39, 0.29) is 0 Å². The number of halogens is 2. The van der Waals surface area contributed by atoms with Gasteiger partial charge in [0.25, 0.3) is 0 Å². The molecule has 1 aliphatic rings. The minimum atomic E-state index is 0.528. The van der Waals surface area contributed by atoms with Gasteiger partial charge in [-0.1, -0.05) is 29.3 Å². The number of benzene rings is 1. The Bertz CT molecular complexity index is 378. The summed E-state index contributed by atoms with van der Waals surface area (Å²) in [7, 11) is 2.04. The molecule has 4 heteroatoms. The molecule has 0 amide bonds. The molecule has 0 aliphatic carbocycles. The monoisotopic (exact) mass is 289 g/mol. The van der Waals surface area contributed by atoms with E-state index in [2.05, 4.69) is 23.1 Å². The quantitative estimate of drug-likeness (QED) is 0.899. The van der Waals surface area contributed by atoms with E-state index in [1.54, 1.807) is 0 Å². The van der Waals surface area contributed by atoms with E-state index in [0.717, 1.165) is 11.7 Å². The van der Waals surface area contributed by atoms with Crippen LogP contribution in [0.15, 0.2) is 18.2 Å². The van der Waals surface area contributed by atoms with E-state index >= 15 is 0 Å². The number of rotatable bonds is 4. The molecule has 1 aromatic rings. The molecule has 2 unspecified atom stereocenters. The van der Waals surface area contributed by atoms with Gasteiger partial charge >= 0.3 is 0 Å². The molecule has 1 aromatic carbocycles. The minimum Gasteiger partial charge on any atom is -0.316 e. The predicted molar refractivity (Wildman–Crippen MR) is 78.5 cm³/mol. The van der Waals surface area contributed by atoms with E-state index in [1.807, 2.05) is 19.2 Å². The Morgan fingerprint density at radius 1 is 1.41 bits per heavy atom. The second-order valence-electron chi connectivity index (χ2n) is 4.40. The van der Waals surface area contributed by atoms with Crippen molar-refractivity contribution in [3.05, 3.63) is 33.8 Å². The molecule has 0 spiro atoms. The summed E-state index contributed by atoms with van der Waals surface area (Å²) in [6.45, 7) is 0. The topological polar surface area (TPSA) is 12.0 Å². The van der Waals surface area contributed by atoms with Gasteiger partial charge < -0.3 is 5.32 Å². The maximum Gasteiger partial charge on any atom is 0.0595 e. The van der Waals surface area contributed by atoms with Crippen LogP contribution in [0.25, 0.3) is 0 Å². The molecule has 1 aliphatic heterocycles. The molecular formula is C13H17Cl2NS. The van der Waals surface area contributed by atoms with Crippen LogP contribution in [0, 0.1) is 0 Å². The Morgan fingerprint density at radius 3 is 2.82 bits per heavy atom. The van der Waals surface area contributed by atoms with Gasteiger partial charge in [-0.3, -0.25) is 0 Å². The van der Waals surface area contributed by atoms with Crippen LogP contribution < -0.4 is 5.32 Å². The van der Waals surface area contributed by atoms with Gasteiger partial charge in [-0.05, 0) is 49.8 Å². The second kappa shape index (κ2) is 6.33. The highest BCUT2D eigenvalue weighted by atomic mass is 35.5. The molecule has 0 radical (unpaired) electrons. The van der Waals surface area contributed by atoms with Crippen LogP contribution >= 0.6 is 35.0 Å². The van der Waals surface area contributed by atoms with Crippen molar-refractivity contribution >= 4 is 35.0 Å². The Balaban J connectivity index is 2.04. The maximum absolute atomic E-state index is 6.04. The standard InChI is InChI=1S/C13H17Cl2NS/c1-16-12(13-3-2-6-17-13)8-9-4-5-10(14)11(15)7-9/h4-5,7,12-13,16H,2-3,6,8H2,1H3. The van der Waals surface area contributed by atoms with Gasteiger partial charge in [0.1, 0.15) is 0 Å². The molecule has 1 nitrogen and oxygen atoms in total. The van der Waals surface area contributed by atoms with E-state index in [1.165, 1.54) is 24.2 Å². The number of nitrogens with one attached hydrogen (secondary N) is 1. The Hall–Kier alpha value is 0.110. The molecule has 94 valence electrons. The summed E-state index contributed by atoms with van der Waals surface area (Å²) in [6.07, 6.45) is 3.68. The Kier molecular flexibility index (Phi) is 5.04. The summed E-state index contributed by atoms with van der Waals surface area (Å²) in [6, 6.07) is 6.46. The number of hydrogen-bond donors (Lipinski definition) is 1. The van der Waals surface area contributed by atoms with Crippen LogP contribution in [0.2, 0.25) is 10.0 Å². The Morgan fingerprint density at radius 2 is 2.24 bits per heavy atom. The normalized spacial score (nSPS) is 21.7. The fourth-order valence-corrected chi connectivity index (χ4v) is 4.01. The van der Waals surface area contributed by atoms with Crippen molar-refractivity contribution in [3.8, 4) is 0 Å². The average molecular weight is 290 g/mol. The molecule has 1 heterocycles. The number of likely N-dealkylation sites (N-methyl/N-ethyl adjacent to an activating group) is 1. The highest BCUT2D eigenvalue weighted by Gasteiger charge is 2.24. The third-order valence-corrected chi connectivity index (χ3v) is 5.48. The fraction of sp³-hybridized carbons (Fsp3) is 0.538. The summed E-state index contributed by atoms with van der Waals surface area (Å²) in [5, 5.41) is 5.44. The van der Waals surface area contributed by atoms with Gasteiger partial charge in [0.05, 0.1) is 10.0 Å². The molecule has 0 aromatic heterocycles. The van der Waals surface area contributed by atoms with Crippen molar-refractivity contribution in [2.75, 3.05) is 12.8 Å². The molecule has 2 rings (SSSR count). The highest BCUT2D eigenvalue weighted by molar-refractivity contribution is 8.00. The predicted octanol–water partition coefficient (Wildman–Crippen LogP) is 4.02. The van der Waals surface area contributed by atoms with Crippen molar-refractivity contribution in [2.45, 2.75) is 30.6 Å². The summed E-state index contributed by atoms with van der Waals surface area (Å²) in [5.41, 5.74) is 1.26. The Labute approximate surface area is 117 Å². The first-order valence-corrected chi connectivity index (χ1v) is 7.74. The minimum absolute atomic E-state index is 0.528. The van der Waals surface area contributed by atoms with Crippen LogP contribution in [-0.2, 0) is 6.42 Å². The smallest absolute Gasteiger partial charge is 0.0595 e. The summed E-state index contributed by atoms with van der Waals surface area (Å²) < 4.78 is 0. The zero-order valence-corrected chi connectivity index (χ0v) is 12.2. The fourth-order valence-electron chi connectivity index (χ4n) is 2.26. The van der Waals surface area contributed by atoms with Crippen molar-refractivity contribution < 1.29 is 0 Å². The van der Waals surface area contributed by atoms with Crippen LogP contribution in [0.3, 0.4) is 0 Å². The zero-order valence-electron chi connectivity index (χ0n) is 9.88. The lowest BCUT2D eigenvalue weighted by Gasteiger charge is -2.22. The molecule has 2 atom stereocenters. The van der Waals surface area contributed by atoms with Gasteiger partial charge in [-0.15, -0.1) is 0 Å². The lowest BCUT2D eigenvalue weighted by Crippen LogP contribution is -2.36. The summed E-state index contributed by atoms with van der Waals surface area (Å²) in [4.78, 5) is 0. The summed E-state index contributed by atoms with van der Waals surface area (Å²) in [5.74, 6) is 1.30. The molecular weight excluding hydrogens is 273 g/mol. The lowest BCUT2D eigenvalue weighted by molar-refractivity contribution is 0.524. The average Bonchev–Trinajstić information content (AvgIpc) is 2.84. The number of hydrogen-bond acceptors (Lipinski definition) is 2. The van der Waals surface area contributed by atoms with Gasteiger partial charge in [-0.2, -0.15) is 11.8 Å². The van der Waals surface area contributed by atoms with Gasteiger partial charge in [0, 0.05) is 11.3 Å². The van der Waals surface area contributed by atoms with Gasteiger partial charge in [0.15, 0.2) is 0 Å². The number of thioether (sulfide) groups is 1. The van der Waals surface area contributed by atoms with Crippen LogP contribution in [-0.4, -0.2) is 24.1 Å². The third kappa shape index (κ3) is 3.54. The third-order valence-electron chi connectivity index (χ3n) is 3.22. The van der Waals surface area contributed by atoms with E-state index < -0.39 is 0 Å². The largest absolute Gasteiger partial charge is 0.316 e. The molecule has 1 N–H and O–H groups in total. The lowest BCUT2D eigenvalue weighted by atomic mass is 10.0.